The summed E-state index contributed by atoms with van der Waals surface area (Å²) in [6, 6.07) is 5.38. The average Bonchev–Trinajstić information content (AvgIpc) is 2.47. The van der Waals surface area contributed by atoms with Crippen molar-refractivity contribution in [3.05, 3.63) is 34.1 Å². The first kappa shape index (κ1) is 17.0. The summed E-state index contributed by atoms with van der Waals surface area (Å²) < 4.78 is 15.3. The Balaban J connectivity index is 2.25. The molecule has 3 atom stereocenters. The van der Waals surface area contributed by atoms with E-state index in [0.29, 0.717) is 23.7 Å². The van der Waals surface area contributed by atoms with Crippen molar-refractivity contribution in [3.8, 4) is 0 Å². The van der Waals surface area contributed by atoms with E-state index in [9.17, 15) is 4.39 Å². The van der Waals surface area contributed by atoms with E-state index < -0.39 is 0 Å². The predicted octanol–water partition coefficient (Wildman–Crippen LogP) is 5.35. The van der Waals surface area contributed by atoms with Gasteiger partial charge in [0, 0.05) is 4.47 Å². The second-order valence-corrected chi connectivity index (χ2v) is 7.57. The van der Waals surface area contributed by atoms with Gasteiger partial charge in [0.1, 0.15) is 5.82 Å². The molecule has 0 spiro atoms. The third-order valence-electron chi connectivity index (χ3n) is 4.99. The van der Waals surface area contributed by atoms with Crippen LogP contribution >= 0.6 is 15.9 Å². The van der Waals surface area contributed by atoms with E-state index in [4.69, 9.17) is 0 Å². The summed E-state index contributed by atoms with van der Waals surface area (Å²) in [5, 5.41) is 3.46. The Hall–Kier alpha value is -0.410. The molecule has 0 bridgehead atoms. The number of benzene rings is 1. The van der Waals surface area contributed by atoms with E-state index in [1.807, 2.05) is 6.07 Å². The first-order valence-corrected chi connectivity index (χ1v) is 8.97. The van der Waals surface area contributed by atoms with Crippen LogP contribution in [0.3, 0.4) is 0 Å². The third kappa shape index (κ3) is 4.29. The highest BCUT2D eigenvalue weighted by atomic mass is 79.9. The summed E-state index contributed by atoms with van der Waals surface area (Å²) in [5.74, 6) is 2.23. The van der Waals surface area contributed by atoms with Gasteiger partial charge in [0.25, 0.3) is 0 Å². The van der Waals surface area contributed by atoms with Crippen molar-refractivity contribution in [2.75, 3.05) is 13.1 Å². The lowest BCUT2D eigenvalue weighted by Gasteiger charge is -2.38. The fraction of sp³-hybridized carbons (Fsp3) is 0.667. The first-order valence-electron chi connectivity index (χ1n) is 8.18. The SMILES string of the molecule is CCNCC1CCC(C(C)C)CC1c1cc(Br)ccc1F. The minimum atomic E-state index is -0.0471. The molecular formula is C18H27BrFN. The van der Waals surface area contributed by atoms with Gasteiger partial charge >= 0.3 is 0 Å². The largest absolute Gasteiger partial charge is 0.317 e. The molecule has 118 valence electrons. The molecule has 1 N–H and O–H groups in total. The van der Waals surface area contributed by atoms with Crippen LogP contribution in [0.15, 0.2) is 22.7 Å². The van der Waals surface area contributed by atoms with Gasteiger partial charge < -0.3 is 5.32 Å². The summed E-state index contributed by atoms with van der Waals surface area (Å²) in [6.45, 7) is 8.71. The fourth-order valence-corrected chi connectivity index (χ4v) is 4.00. The zero-order chi connectivity index (χ0) is 15.4. The highest BCUT2D eigenvalue weighted by molar-refractivity contribution is 9.10. The van der Waals surface area contributed by atoms with Gasteiger partial charge in [-0.3, -0.25) is 0 Å². The van der Waals surface area contributed by atoms with Crippen molar-refractivity contribution in [2.24, 2.45) is 17.8 Å². The van der Waals surface area contributed by atoms with E-state index in [-0.39, 0.29) is 5.82 Å². The number of hydrogen-bond acceptors (Lipinski definition) is 1. The molecule has 1 fully saturated rings. The topological polar surface area (TPSA) is 12.0 Å². The molecule has 0 saturated heterocycles. The average molecular weight is 356 g/mol. The minimum Gasteiger partial charge on any atom is -0.317 e. The summed E-state index contributed by atoms with van der Waals surface area (Å²) in [4.78, 5) is 0. The Morgan fingerprint density at radius 1 is 1.33 bits per heavy atom. The van der Waals surface area contributed by atoms with Gasteiger partial charge in [0.05, 0.1) is 0 Å². The molecule has 1 aliphatic rings. The van der Waals surface area contributed by atoms with Gasteiger partial charge in [-0.15, -0.1) is 0 Å². The second-order valence-electron chi connectivity index (χ2n) is 6.66. The van der Waals surface area contributed by atoms with Crippen LogP contribution in [-0.2, 0) is 0 Å². The van der Waals surface area contributed by atoms with Crippen molar-refractivity contribution in [1.29, 1.82) is 0 Å². The number of hydrogen-bond donors (Lipinski definition) is 1. The van der Waals surface area contributed by atoms with Crippen molar-refractivity contribution >= 4 is 15.9 Å². The third-order valence-corrected chi connectivity index (χ3v) is 5.48. The van der Waals surface area contributed by atoms with Gasteiger partial charge in [-0.25, -0.2) is 4.39 Å². The summed E-state index contributed by atoms with van der Waals surface area (Å²) in [7, 11) is 0. The summed E-state index contributed by atoms with van der Waals surface area (Å²) in [6.07, 6.45) is 3.59. The van der Waals surface area contributed by atoms with Crippen LogP contribution in [0, 0.1) is 23.6 Å². The highest BCUT2D eigenvalue weighted by Gasteiger charge is 2.33. The number of nitrogens with one attached hydrogen (secondary N) is 1. The quantitative estimate of drug-likeness (QED) is 0.750. The number of halogens is 2. The van der Waals surface area contributed by atoms with Crippen molar-refractivity contribution in [3.63, 3.8) is 0 Å². The lowest BCUT2D eigenvalue weighted by atomic mass is 9.68. The molecule has 1 aromatic carbocycles. The standard InChI is InChI=1S/C18H27BrFN/c1-4-21-11-14-6-5-13(12(2)3)9-16(14)17-10-15(19)7-8-18(17)20/h7-8,10,12-14,16,21H,4-6,9,11H2,1-3H3. The molecule has 0 radical (unpaired) electrons. The fourth-order valence-electron chi connectivity index (χ4n) is 3.63. The molecule has 1 saturated carbocycles. The normalized spacial score (nSPS) is 26.3. The van der Waals surface area contributed by atoms with Crippen LogP contribution in [0.25, 0.3) is 0 Å². The monoisotopic (exact) mass is 355 g/mol. The Bertz CT molecular complexity index is 461. The maximum absolute atomic E-state index is 14.3. The maximum Gasteiger partial charge on any atom is 0.126 e. The van der Waals surface area contributed by atoms with E-state index in [1.165, 1.54) is 12.8 Å². The van der Waals surface area contributed by atoms with Gasteiger partial charge in [0.2, 0.25) is 0 Å². The molecule has 0 aromatic heterocycles. The van der Waals surface area contributed by atoms with Crippen LogP contribution in [0.4, 0.5) is 4.39 Å². The van der Waals surface area contributed by atoms with E-state index in [1.54, 1.807) is 12.1 Å². The second kappa shape index (κ2) is 7.73. The van der Waals surface area contributed by atoms with E-state index in [0.717, 1.165) is 29.5 Å². The van der Waals surface area contributed by atoms with E-state index in [2.05, 4.69) is 42.0 Å². The van der Waals surface area contributed by atoms with Crippen LogP contribution in [0.1, 0.15) is 51.5 Å². The number of rotatable bonds is 5. The Morgan fingerprint density at radius 3 is 2.76 bits per heavy atom. The van der Waals surface area contributed by atoms with Gasteiger partial charge in [-0.1, -0.05) is 36.7 Å². The minimum absolute atomic E-state index is 0.0471. The molecule has 3 heteroatoms. The van der Waals surface area contributed by atoms with Crippen molar-refractivity contribution in [2.45, 2.75) is 46.0 Å². The predicted molar refractivity (Wildman–Crippen MR) is 91.1 cm³/mol. The zero-order valence-corrected chi connectivity index (χ0v) is 14.9. The van der Waals surface area contributed by atoms with Gasteiger partial charge in [0.15, 0.2) is 0 Å². The zero-order valence-electron chi connectivity index (χ0n) is 13.3. The molecule has 21 heavy (non-hydrogen) atoms. The summed E-state index contributed by atoms with van der Waals surface area (Å²) in [5.41, 5.74) is 0.901. The van der Waals surface area contributed by atoms with Crippen LogP contribution < -0.4 is 5.32 Å². The molecule has 0 amide bonds. The smallest absolute Gasteiger partial charge is 0.126 e. The molecule has 1 nitrogen and oxygen atoms in total. The lowest BCUT2D eigenvalue weighted by Crippen LogP contribution is -2.33. The van der Waals surface area contributed by atoms with Gasteiger partial charge in [-0.2, -0.15) is 0 Å². The maximum atomic E-state index is 14.3. The van der Waals surface area contributed by atoms with E-state index >= 15 is 0 Å². The Kier molecular flexibility index (Phi) is 6.24. The van der Waals surface area contributed by atoms with Crippen molar-refractivity contribution in [1.82, 2.24) is 5.32 Å². The molecule has 0 heterocycles. The van der Waals surface area contributed by atoms with Gasteiger partial charge in [-0.05, 0) is 79.8 Å². The molecule has 1 aromatic rings. The lowest BCUT2D eigenvalue weighted by molar-refractivity contribution is 0.188. The molecule has 0 aliphatic heterocycles. The van der Waals surface area contributed by atoms with Crippen molar-refractivity contribution < 1.29 is 4.39 Å². The Morgan fingerprint density at radius 2 is 2.10 bits per heavy atom. The highest BCUT2D eigenvalue weighted by Crippen LogP contribution is 2.44. The Labute approximate surface area is 136 Å². The van der Waals surface area contributed by atoms with Crippen LogP contribution in [-0.4, -0.2) is 13.1 Å². The molecular weight excluding hydrogens is 329 g/mol. The summed E-state index contributed by atoms with van der Waals surface area (Å²) >= 11 is 3.50. The first-order chi connectivity index (χ1) is 10.0. The van der Waals surface area contributed by atoms with Crippen LogP contribution in [0.2, 0.25) is 0 Å². The molecule has 3 unspecified atom stereocenters. The van der Waals surface area contributed by atoms with Crippen LogP contribution in [0.5, 0.6) is 0 Å². The molecule has 2 rings (SSSR count). The molecule has 1 aliphatic carbocycles.